The Morgan fingerprint density at radius 2 is 1.15 bits per heavy atom. The van der Waals surface area contributed by atoms with Gasteiger partial charge in [-0.2, -0.15) is 0 Å². The van der Waals surface area contributed by atoms with Crippen LogP contribution in [-0.2, 0) is 32.7 Å². The second-order valence-corrected chi connectivity index (χ2v) is 12.1. The number of carboxylic acid groups (broad SMARTS) is 1. The molecule has 0 aromatic heterocycles. The molecule has 0 aliphatic carbocycles. The fraction of sp³-hybridized carbons (Fsp3) is 0.897. The molecule has 11 nitrogen and oxygen atoms in total. The van der Waals surface area contributed by atoms with Crippen LogP contribution in [0.1, 0.15) is 136 Å². The molecule has 0 radical (unpaired) electrons. The first-order chi connectivity index (χ1) is 19.6. The number of ether oxygens (including phenoxy) is 1. The number of aliphatic carboxylic acids is 1. The van der Waals surface area contributed by atoms with Gasteiger partial charge < -0.3 is 25.2 Å². The Balaban J connectivity index is 3.95. The number of nitrogens with one attached hydrogen (secondary N) is 1. The van der Waals surface area contributed by atoms with Crippen molar-refractivity contribution in [3.63, 3.8) is 0 Å². The first-order valence-electron chi connectivity index (χ1n) is 15.6. The van der Waals surface area contributed by atoms with Crippen molar-refractivity contribution in [1.82, 2.24) is 5.32 Å². The zero-order valence-electron chi connectivity index (χ0n) is 25.4. The van der Waals surface area contributed by atoms with Gasteiger partial charge in [0.05, 0.1) is 13.2 Å². The van der Waals surface area contributed by atoms with E-state index in [4.69, 9.17) is 4.74 Å². The molecule has 4 N–H and O–H groups in total. The number of carboxylic acids is 1. The summed E-state index contributed by atoms with van der Waals surface area (Å²) in [5.41, 5.74) is 0. The first-order valence-corrected chi connectivity index (χ1v) is 17.1. The van der Waals surface area contributed by atoms with E-state index in [2.05, 4.69) is 21.3 Å². The third-order valence-corrected chi connectivity index (χ3v) is 7.60. The molecule has 3 atom stereocenters. The van der Waals surface area contributed by atoms with Gasteiger partial charge in [0.25, 0.3) is 0 Å². The molecular weight excluding hydrogens is 553 g/mol. The normalized spacial score (nSPS) is 14.2. The molecule has 0 bridgehead atoms. The number of carbonyl (C=O) groups is 3. The topological polar surface area (TPSA) is 169 Å². The lowest BCUT2D eigenvalue weighted by molar-refractivity contribution is -0.147. The van der Waals surface area contributed by atoms with E-state index in [-0.39, 0.29) is 12.8 Å². The van der Waals surface area contributed by atoms with Crippen molar-refractivity contribution in [2.75, 3.05) is 19.8 Å². The number of aliphatic hydroxyl groups is 1. The maximum Gasteiger partial charge on any atom is 0.472 e. The summed E-state index contributed by atoms with van der Waals surface area (Å²) in [7, 11) is -4.72. The minimum atomic E-state index is -4.72. The SMILES string of the molecule is CCCCCCCCCCCCCCCCCC(=O)NC(COP(=O)(O)OCC(O)COC(=O)CCCC)C(=O)O. The average molecular weight is 610 g/mol. The number of hydrogen-bond acceptors (Lipinski definition) is 8. The highest BCUT2D eigenvalue weighted by Gasteiger charge is 2.28. The summed E-state index contributed by atoms with van der Waals surface area (Å²) in [5.74, 6) is -2.41. The Morgan fingerprint density at radius 1 is 0.683 bits per heavy atom. The molecule has 0 heterocycles. The van der Waals surface area contributed by atoms with E-state index < -0.39 is 57.6 Å². The van der Waals surface area contributed by atoms with Gasteiger partial charge >= 0.3 is 19.8 Å². The maximum atomic E-state index is 12.2. The smallest absolute Gasteiger partial charge is 0.472 e. The van der Waals surface area contributed by atoms with Crippen LogP contribution in [0, 0.1) is 0 Å². The second-order valence-electron chi connectivity index (χ2n) is 10.7. The Labute approximate surface area is 246 Å². The first kappa shape index (κ1) is 39.5. The lowest BCUT2D eigenvalue weighted by Gasteiger charge is -2.18. The van der Waals surface area contributed by atoms with Crippen LogP contribution in [-0.4, -0.2) is 64.9 Å². The fourth-order valence-corrected chi connectivity index (χ4v) is 4.89. The highest BCUT2D eigenvalue weighted by molar-refractivity contribution is 7.47. The molecule has 0 aliphatic rings. The predicted molar refractivity (Wildman–Crippen MR) is 157 cm³/mol. The van der Waals surface area contributed by atoms with Crippen LogP contribution in [0.3, 0.4) is 0 Å². The molecule has 1 amide bonds. The average Bonchev–Trinajstić information content (AvgIpc) is 2.93. The van der Waals surface area contributed by atoms with Crippen molar-refractivity contribution in [1.29, 1.82) is 0 Å². The molecule has 0 saturated carbocycles. The van der Waals surface area contributed by atoms with Gasteiger partial charge in [0.15, 0.2) is 6.04 Å². The number of rotatable bonds is 29. The zero-order chi connectivity index (χ0) is 30.8. The quantitative estimate of drug-likeness (QED) is 0.0445. The molecule has 41 heavy (non-hydrogen) atoms. The Hall–Kier alpha value is -1.52. The van der Waals surface area contributed by atoms with E-state index in [1.54, 1.807) is 0 Å². The van der Waals surface area contributed by atoms with Crippen molar-refractivity contribution >= 4 is 25.7 Å². The van der Waals surface area contributed by atoms with Gasteiger partial charge in [0.1, 0.15) is 12.7 Å². The van der Waals surface area contributed by atoms with Crippen molar-refractivity contribution in [2.45, 2.75) is 148 Å². The molecule has 0 saturated heterocycles. The number of hydrogen-bond donors (Lipinski definition) is 4. The van der Waals surface area contributed by atoms with Gasteiger partial charge in [-0.3, -0.25) is 18.6 Å². The van der Waals surface area contributed by atoms with Crippen molar-refractivity contribution in [3.05, 3.63) is 0 Å². The number of carbonyl (C=O) groups excluding carboxylic acids is 2. The molecule has 3 unspecified atom stereocenters. The number of phosphoric ester groups is 1. The minimum Gasteiger partial charge on any atom is -0.480 e. The number of aliphatic hydroxyl groups excluding tert-OH is 1. The van der Waals surface area contributed by atoms with E-state index in [0.29, 0.717) is 12.8 Å². The highest BCUT2D eigenvalue weighted by Crippen LogP contribution is 2.43. The monoisotopic (exact) mass is 609 g/mol. The molecule has 0 aromatic rings. The largest absolute Gasteiger partial charge is 0.480 e. The minimum absolute atomic E-state index is 0.151. The molecule has 0 spiro atoms. The summed E-state index contributed by atoms with van der Waals surface area (Å²) in [6, 6.07) is -1.53. The van der Waals surface area contributed by atoms with E-state index in [1.165, 1.54) is 70.6 Å². The Kier molecular flexibility index (Phi) is 25.2. The van der Waals surface area contributed by atoms with Crippen LogP contribution in [0.5, 0.6) is 0 Å². The van der Waals surface area contributed by atoms with E-state index >= 15 is 0 Å². The van der Waals surface area contributed by atoms with E-state index in [9.17, 15) is 34.1 Å². The summed E-state index contributed by atoms with van der Waals surface area (Å²) < 4.78 is 26.2. The Bertz CT molecular complexity index is 736. The molecule has 0 rings (SSSR count). The third kappa shape index (κ3) is 25.9. The van der Waals surface area contributed by atoms with E-state index in [0.717, 1.165) is 25.7 Å². The van der Waals surface area contributed by atoms with Gasteiger partial charge in [-0.25, -0.2) is 9.36 Å². The fourth-order valence-electron chi connectivity index (χ4n) is 4.11. The van der Waals surface area contributed by atoms with Gasteiger partial charge in [0.2, 0.25) is 5.91 Å². The molecular formula is C29H56NO10P. The second kappa shape index (κ2) is 26.1. The summed E-state index contributed by atoms with van der Waals surface area (Å²) in [5, 5.41) is 21.4. The van der Waals surface area contributed by atoms with Crippen LogP contribution in [0.15, 0.2) is 0 Å². The lowest BCUT2D eigenvalue weighted by atomic mass is 10.0. The molecule has 0 aromatic carbocycles. The van der Waals surface area contributed by atoms with Crippen molar-refractivity contribution in [3.8, 4) is 0 Å². The van der Waals surface area contributed by atoms with Crippen LogP contribution in [0.2, 0.25) is 0 Å². The van der Waals surface area contributed by atoms with Gasteiger partial charge in [0, 0.05) is 12.8 Å². The lowest BCUT2D eigenvalue weighted by Crippen LogP contribution is -2.43. The van der Waals surface area contributed by atoms with Crippen LogP contribution in [0.25, 0.3) is 0 Å². The zero-order valence-corrected chi connectivity index (χ0v) is 26.3. The van der Waals surface area contributed by atoms with Crippen molar-refractivity contribution in [2.24, 2.45) is 0 Å². The van der Waals surface area contributed by atoms with Gasteiger partial charge in [-0.05, 0) is 12.8 Å². The predicted octanol–water partition coefficient (Wildman–Crippen LogP) is 6.05. The van der Waals surface area contributed by atoms with Gasteiger partial charge in [-0.15, -0.1) is 0 Å². The summed E-state index contributed by atoms with van der Waals surface area (Å²) in [6.45, 7) is 2.27. The maximum absolute atomic E-state index is 12.2. The Morgan fingerprint density at radius 3 is 1.63 bits per heavy atom. The highest BCUT2D eigenvalue weighted by atomic mass is 31.2. The molecule has 242 valence electrons. The van der Waals surface area contributed by atoms with E-state index in [1.807, 2.05) is 6.92 Å². The van der Waals surface area contributed by atoms with Crippen LogP contribution in [0.4, 0.5) is 0 Å². The van der Waals surface area contributed by atoms with Gasteiger partial charge in [-0.1, -0.05) is 110 Å². The number of amides is 1. The standard InChI is InChI=1S/C29H56NO10P/c1-3-5-7-8-9-10-11-12-13-14-15-16-17-18-19-20-27(32)30-26(29(34)35)24-40-41(36,37)39-23-25(31)22-38-28(33)21-6-4-2/h25-26,31H,3-24H2,1-2H3,(H,30,32)(H,34,35)(H,36,37). The molecule has 0 aliphatic heterocycles. The summed E-state index contributed by atoms with van der Waals surface area (Å²) >= 11 is 0. The third-order valence-electron chi connectivity index (χ3n) is 6.65. The number of phosphoric acid groups is 1. The van der Waals surface area contributed by atoms with Crippen LogP contribution >= 0.6 is 7.82 Å². The number of esters is 1. The number of unbranched alkanes of at least 4 members (excludes halogenated alkanes) is 15. The molecule has 12 heteroatoms. The van der Waals surface area contributed by atoms with Crippen molar-refractivity contribution < 1.29 is 47.8 Å². The van der Waals surface area contributed by atoms with Crippen LogP contribution < -0.4 is 5.32 Å². The summed E-state index contributed by atoms with van der Waals surface area (Å²) in [4.78, 5) is 44.8. The molecule has 0 fully saturated rings. The summed E-state index contributed by atoms with van der Waals surface area (Å²) in [6.07, 6.45) is 18.5.